The van der Waals surface area contributed by atoms with E-state index in [4.69, 9.17) is 0 Å². The summed E-state index contributed by atoms with van der Waals surface area (Å²) in [6.07, 6.45) is 5.30. The van der Waals surface area contributed by atoms with E-state index in [1.807, 2.05) is 25.6 Å². The van der Waals surface area contributed by atoms with Gasteiger partial charge < -0.3 is 20.6 Å². The molecule has 28 heavy (non-hydrogen) atoms. The number of thioether (sulfide) groups is 1. The number of hydrogen-bond acceptors (Lipinski definition) is 4. The lowest BCUT2D eigenvalue weighted by molar-refractivity contribution is -0.136. The Hall–Kier alpha value is -0.220. The molecule has 1 saturated heterocycles. The number of nitrogens with zero attached hydrogens (tertiary/aromatic N) is 2. The lowest BCUT2D eigenvalue weighted by Crippen LogP contribution is -2.47. The van der Waals surface area contributed by atoms with Crippen molar-refractivity contribution in [1.29, 1.82) is 0 Å². The predicted octanol–water partition coefficient (Wildman–Crippen LogP) is 2.84. The van der Waals surface area contributed by atoms with E-state index in [0.29, 0.717) is 31.3 Å². The van der Waals surface area contributed by atoms with Gasteiger partial charge in [0, 0.05) is 43.1 Å². The Bertz CT molecular complexity index is 489. The maximum Gasteiger partial charge on any atom is 0.225 e. The number of nitrogens with one attached hydrogen (secondary N) is 2. The molecule has 0 aromatic carbocycles. The molecule has 164 valence electrons. The number of hydrogen-bond donors (Lipinski definition) is 3. The van der Waals surface area contributed by atoms with Gasteiger partial charge in [-0.1, -0.05) is 13.8 Å². The Balaban J connectivity index is 0.00000392. The molecule has 0 atom stereocenters. The van der Waals surface area contributed by atoms with E-state index in [0.717, 1.165) is 62.8 Å². The molecule has 2 fully saturated rings. The normalized spacial score (nSPS) is 23.7. The van der Waals surface area contributed by atoms with Gasteiger partial charge in [0.15, 0.2) is 5.96 Å². The number of aliphatic imine (C=N–C) groups is 1. The van der Waals surface area contributed by atoms with Crippen LogP contribution in [-0.2, 0) is 4.79 Å². The summed E-state index contributed by atoms with van der Waals surface area (Å²) >= 11 is 1.94. The first-order chi connectivity index (χ1) is 13.0. The summed E-state index contributed by atoms with van der Waals surface area (Å²) in [6.45, 7) is 9.08. The molecule has 0 aromatic rings. The van der Waals surface area contributed by atoms with Gasteiger partial charge in [-0.3, -0.25) is 9.79 Å². The van der Waals surface area contributed by atoms with E-state index >= 15 is 0 Å². The molecular formula is C20H39IN4O2S. The molecule has 1 aliphatic carbocycles. The first-order valence-electron chi connectivity index (χ1n) is 10.6. The van der Waals surface area contributed by atoms with Crippen molar-refractivity contribution >= 4 is 47.6 Å². The van der Waals surface area contributed by atoms with E-state index in [2.05, 4.69) is 27.4 Å². The summed E-state index contributed by atoms with van der Waals surface area (Å²) < 4.78 is 0. The summed E-state index contributed by atoms with van der Waals surface area (Å²) in [4.78, 5) is 19.4. The first kappa shape index (κ1) is 25.8. The molecule has 2 rings (SSSR count). The van der Waals surface area contributed by atoms with E-state index in [1.54, 1.807) is 0 Å². The molecule has 1 saturated carbocycles. The van der Waals surface area contributed by atoms with Crippen LogP contribution in [0, 0.1) is 5.92 Å². The van der Waals surface area contributed by atoms with Gasteiger partial charge in [-0.05, 0) is 45.4 Å². The largest absolute Gasteiger partial charge is 0.388 e. The molecule has 6 nitrogen and oxygen atoms in total. The van der Waals surface area contributed by atoms with Crippen LogP contribution in [0.2, 0.25) is 0 Å². The SMILES string of the molecule is CCNC(=NCC(O)(CC)CC)NC1CCC(C(=O)N2CCSCC2)CC1.I. The van der Waals surface area contributed by atoms with E-state index in [9.17, 15) is 9.90 Å². The summed E-state index contributed by atoms with van der Waals surface area (Å²) in [5.41, 5.74) is -0.723. The van der Waals surface area contributed by atoms with Crippen LogP contribution in [-0.4, -0.2) is 71.2 Å². The minimum atomic E-state index is -0.723. The average Bonchev–Trinajstić information content (AvgIpc) is 2.72. The monoisotopic (exact) mass is 526 g/mol. The fraction of sp³-hybridized carbons (Fsp3) is 0.900. The van der Waals surface area contributed by atoms with Crippen LogP contribution in [0.1, 0.15) is 59.3 Å². The average molecular weight is 527 g/mol. The van der Waals surface area contributed by atoms with Crippen LogP contribution in [0.25, 0.3) is 0 Å². The maximum atomic E-state index is 12.7. The molecule has 0 radical (unpaired) electrons. The number of carbonyl (C=O) groups is 1. The van der Waals surface area contributed by atoms with Gasteiger partial charge in [0.1, 0.15) is 0 Å². The molecule has 0 bridgehead atoms. The molecule has 1 heterocycles. The summed E-state index contributed by atoms with van der Waals surface area (Å²) in [6, 6.07) is 0.347. The van der Waals surface area contributed by atoms with Crippen LogP contribution in [0.4, 0.5) is 0 Å². The first-order valence-corrected chi connectivity index (χ1v) is 11.8. The van der Waals surface area contributed by atoms with Gasteiger partial charge in [0.2, 0.25) is 5.91 Å². The zero-order chi connectivity index (χ0) is 19.7. The fourth-order valence-corrected chi connectivity index (χ4v) is 4.64. The van der Waals surface area contributed by atoms with Gasteiger partial charge >= 0.3 is 0 Å². The van der Waals surface area contributed by atoms with Crippen molar-refractivity contribution in [3.05, 3.63) is 0 Å². The van der Waals surface area contributed by atoms with E-state index in [-0.39, 0.29) is 29.9 Å². The molecule has 3 N–H and O–H groups in total. The highest BCUT2D eigenvalue weighted by atomic mass is 127. The quantitative estimate of drug-likeness (QED) is 0.270. The highest BCUT2D eigenvalue weighted by Crippen LogP contribution is 2.27. The maximum absolute atomic E-state index is 12.7. The van der Waals surface area contributed by atoms with Gasteiger partial charge in [-0.15, -0.1) is 24.0 Å². The number of rotatable bonds is 7. The van der Waals surface area contributed by atoms with Gasteiger partial charge in [0.05, 0.1) is 12.1 Å². The van der Waals surface area contributed by atoms with Gasteiger partial charge in [0.25, 0.3) is 0 Å². The van der Waals surface area contributed by atoms with Crippen molar-refractivity contribution in [2.45, 2.75) is 70.9 Å². The highest BCUT2D eigenvalue weighted by molar-refractivity contribution is 14.0. The topological polar surface area (TPSA) is 77.0 Å². The van der Waals surface area contributed by atoms with Crippen LogP contribution < -0.4 is 10.6 Å². The molecular weight excluding hydrogens is 487 g/mol. The summed E-state index contributed by atoms with van der Waals surface area (Å²) in [5, 5.41) is 17.3. The van der Waals surface area contributed by atoms with Crippen molar-refractivity contribution in [3.8, 4) is 0 Å². The third kappa shape index (κ3) is 7.89. The Labute approximate surface area is 192 Å². The fourth-order valence-electron chi connectivity index (χ4n) is 3.74. The molecule has 1 aliphatic heterocycles. The van der Waals surface area contributed by atoms with Crippen molar-refractivity contribution in [1.82, 2.24) is 15.5 Å². The molecule has 2 aliphatic rings. The van der Waals surface area contributed by atoms with Gasteiger partial charge in [-0.2, -0.15) is 11.8 Å². The molecule has 1 amide bonds. The molecule has 0 aromatic heterocycles. The number of guanidine groups is 1. The van der Waals surface area contributed by atoms with Crippen LogP contribution >= 0.6 is 35.7 Å². The minimum Gasteiger partial charge on any atom is -0.388 e. The highest BCUT2D eigenvalue weighted by Gasteiger charge is 2.30. The molecule has 0 unspecified atom stereocenters. The number of aliphatic hydroxyl groups is 1. The Morgan fingerprint density at radius 1 is 1.14 bits per heavy atom. The molecule has 8 heteroatoms. The van der Waals surface area contributed by atoms with E-state index < -0.39 is 5.60 Å². The standard InChI is InChI=1S/C20H38N4O2S.HI/c1-4-20(26,5-2)15-22-19(21-6-3)23-17-9-7-16(8-10-17)18(25)24-11-13-27-14-12-24;/h16-17,26H,4-15H2,1-3H3,(H2,21,22,23);1H. The number of amides is 1. The number of carbonyl (C=O) groups excluding carboxylic acids is 1. The van der Waals surface area contributed by atoms with Crippen LogP contribution in [0.15, 0.2) is 4.99 Å². The van der Waals surface area contributed by atoms with E-state index in [1.165, 1.54) is 0 Å². The second-order valence-corrected chi connectivity index (χ2v) is 8.98. The summed E-state index contributed by atoms with van der Waals surface area (Å²) in [5.74, 6) is 3.49. The van der Waals surface area contributed by atoms with Crippen molar-refractivity contribution in [2.75, 3.05) is 37.7 Å². The zero-order valence-corrected chi connectivity index (χ0v) is 20.9. The second kappa shape index (κ2) is 13.2. The van der Waals surface area contributed by atoms with Crippen LogP contribution in [0.5, 0.6) is 0 Å². The van der Waals surface area contributed by atoms with Gasteiger partial charge in [-0.25, -0.2) is 0 Å². The lowest BCUT2D eigenvalue weighted by atomic mass is 9.85. The Morgan fingerprint density at radius 2 is 1.75 bits per heavy atom. The van der Waals surface area contributed by atoms with Crippen molar-refractivity contribution in [2.24, 2.45) is 10.9 Å². The molecule has 0 spiro atoms. The second-order valence-electron chi connectivity index (χ2n) is 7.76. The predicted molar refractivity (Wildman–Crippen MR) is 130 cm³/mol. The number of halogens is 1. The minimum absolute atomic E-state index is 0. The smallest absolute Gasteiger partial charge is 0.225 e. The Morgan fingerprint density at radius 3 is 2.29 bits per heavy atom. The van der Waals surface area contributed by atoms with Crippen LogP contribution in [0.3, 0.4) is 0 Å². The van der Waals surface area contributed by atoms with Crippen molar-refractivity contribution < 1.29 is 9.90 Å². The Kier molecular flexibility index (Phi) is 12.1. The zero-order valence-electron chi connectivity index (χ0n) is 17.7. The van der Waals surface area contributed by atoms with Crippen molar-refractivity contribution in [3.63, 3.8) is 0 Å². The summed E-state index contributed by atoms with van der Waals surface area (Å²) in [7, 11) is 0. The lowest BCUT2D eigenvalue weighted by Gasteiger charge is -2.34. The third-order valence-electron chi connectivity index (χ3n) is 5.93. The third-order valence-corrected chi connectivity index (χ3v) is 6.87.